The van der Waals surface area contributed by atoms with Crippen LogP contribution in [0.1, 0.15) is 77.4 Å². The van der Waals surface area contributed by atoms with E-state index in [9.17, 15) is 19.8 Å². The number of aliphatic hydroxyl groups is 2. The number of Topliss-reactive ketones (excluding diaryl/α,β-unsaturated/α-hetero) is 1. The molecule has 3 heterocycles. The van der Waals surface area contributed by atoms with Crippen molar-refractivity contribution < 1.29 is 29.3 Å². The highest BCUT2D eigenvalue weighted by atomic mass is 35.0. The monoisotopic (exact) mass is 496 g/mol. The maximum atomic E-state index is 13.2. The third-order valence-corrected chi connectivity index (χ3v) is 8.20. The summed E-state index contributed by atoms with van der Waals surface area (Å²) in [6.45, 7) is 10.8. The predicted molar refractivity (Wildman–Crippen MR) is 131 cm³/mol. The second-order valence-corrected chi connectivity index (χ2v) is 11.7. The van der Waals surface area contributed by atoms with Crippen LogP contribution in [-0.4, -0.2) is 57.5 Å². The molecule has 7 atom stereocenters. The van der Waals surface area contributed by atoms with Crippen molar-refractivity contribution in [2.45, 2.75) is 104 Å². The molecule has 0 aromatic carbocycles. The van der Waals surface area contributed by atoms with Crippen LogP contribution in [0.2, 0.25) is 0 Å². The van der Waals surface area contributed by atoms with Crippen LogP contribution >= 0.6 is 11.3 Å². The van der Waals surface area contributed by atoms with Gasteiger partial charge in [0.15, 0.2) is 0 Å². The maximum absolute atomic E-state index is 13.2. The van der Waals surface area contributed by atoms with Gasteiger partial charge in [0.2, 0.25) is 0 Å². The van der Waals surface area contributed by atoms with Crippen LogP contribution in [0.25, 0.3) is 6.08 Å². The van der Waals surface area contributed by atoms with Gasteiger partial charge in [-0.2, -0.15) is 0 Å². The van der Waals surface area contributed by atoms with E-state index in [0.29, 0.717) is 6.42 Å². The molecule has 2 N–H and O–H groups in total. The second-order valence-electron chi connectivity index (χ2n) is 10.6. The van der Waals surface area contributed by atoms with Crippen LogP contribution in [0.15, 0.2) is 11.0 Å². The number of nitrogens with zero attached hydrogens (tertiary/aromatic N) is 1. The highest BCUT2D eigenvalue weighted by molar-refractivity contribution is 7.09. The minimum absolute atomic E-state index is 0.00770. The van der Waals surface area contributed by atoms with Crippen molar-refractivity contribution in [2.24, 2.45) is 17.3 Å². The lowest BCUT2D eigenvalue weighted by Crippen LogP contribution is -2.45. The van der Waals surface area contributed by atoms with Gasteiger partial charge in [0.05, 0.1) is 47.0 Å². The smallest absolute Gasteiger partial charge is 0.309 e. The van der Waals surface area contributed by atoms with Gasteiger partial charge >= 0.3 is 5.97 Å². The quantitative estimate of drug-likeness (QED) is 0.469. The average molecular weight is 497 g/mol. The standard InChI is InChI=1S/C26H39NO6S/c1-14-8-7-9-19-21(32-19)11-20(15(2)10-18-13-34-17(4)27-18)33-23(29)12-22(28)26(5,6)25(31)16(3)24(14)30/h10,13-14,16,19-22,24,28,30H,7-9,11-12H2,1-6H3/b15-10+/t14?,16?,19-,20?,21+,22?,24?/m1/s1/i34+3. The van der Waals surface area contributed by atoms with Crippen LogP contribution in [0.3, 0.4) is 0 Å². The van der Waals surface area contributed by atoms with Gasteiger partial charge in [0, 0.05) is 17.7 Å². The zero-order valence-corrected chi connectivity index (χ0v) is 21.9. The van der Waals surface area contributed by atoms with E-state index in [-0.39, 0.29) is 30.3 Å². The van der Waals surface area contributed by atoms with Gasteiger partial charge in [0.25, 0.3) is 0 Å². The Bertz CT molecular complexity index is 909. The van der Waals surface area contributed by atoms with Gasteiger partial charge in [0.1, 0.15) is 11.9 Å². The number of aryl methyl sites for hydroxylation is 1. The van der Waals surface area contributed by atoms with Crippen LogP contribution < -0.4 is 0 Å². The minimum atomic E-state index is -1.22. The number of carbonyl (C=O) groups excluding carboxylic acids is 2. The number of aliphatic hydroxyl groups excluding tert-OH is 2. The molecule has 1 aromatic rings. The zero-order chi connectivity index (χ0) is 25.2. The van der Waals surface area contributed by atoms with E-state index in [2.05, 4.69) is 4.98 Å². The van der Waals surface area contributed by atoms with Crippen molar-refractivity contribution in [3.8, 4) is 0 Å². The van der Waals surface area contributed by atoms with E-state index in [1.165, 1.54) is 0 Å². The Morgan fingerprint density at radius 2 is 1.91 bits per heavy atom. The fourth-order valence-corrected chi connectivity index (χ4v) is 5.35. The molecule has 190 valence electrons. The highest BCUT2D eigenvalue weighted by Crippen LogP contribution is 2.36. The van der Waals surface area contributed by atoms with E-state index >= 15 is 0 Å². The molecule has 0 amide bonds. The van der Waals surface area contributed by atoms with Crippen molar-refractivity contribution in [1.82, 2.24) is 4.98 Å². The third kappa shape index (κ3) is 6.53. The molecule has 8 heteroatoms. The number of thiazole rings is 1. The molecule has 1 aromatic heterocycles. The Kier molecular flexibility index (Phi) is 8.71. The Morgan fingerprint density at radius 3 is 2.56 bits per heavy atom. The summed E-state index contributed by atoms with van der Waals surface area (Å²) in [6, 6.07) is 0. The van der Waals surface area contributed by atoms with Crippen molar-refractivity contribution in [3.63, 3.8) is 0 Å². The van der Waals surface area contributed by atoms with Gasteiger partial charge in [-0.3, -0.25) is 9.59 Å². The van der Waals surface area contributed by atoms with E-state index in [4.69, 9.17) is 9.47 Å². The van der Waals surface area contributed by atoms with Crippen molar-refractivity contribution in [2.75, 3.05) is 0 Å². The molecular formula is C26H39NO6S. The average Bonchev–Trinajstić information content (AvgIpc) is 3.38. The molecule has 0 radical (unpaired) electrons. The summed E-state index contributed by atoms with van der Waals surface area (Å²) in [5.74, 6) is -1.52. The third-order valence-electron chi connectivity index (χ3n) is 7.41. The Labute approximate surface area is 206 Å². The first-order chi connectivity index (χ1) is 15.9. The number of ether oxygens (including phenoxy) is 2. The number of carbonyl (C=O) groups is 2. The van der Waals surface area contributed by atoms with Crippen molar-refractivity contribution in [1.29, 1.82) is 0 Å². The number of esters is 1. The largest absolute Gasteiger partial charge is 0.458 e. The normalized spacial score (nSPS) is 36.0. The first-order valence-corrected chi connectivity index (χ1v) is 13.1. The number of aromatic nitrogens is 1. The molecule has 0 bridgehead atoms. The molecule has 2 aliphatic heterocycles. The highest BCUT2D eigenvalue weighted by Gasteiger charge is 2.44. The van der Waals surface area contributed by atoms with Gasteiger partial charge in [-0.1, -0.05) is 34.1 Å². The lowest BCUT2D eigenvalue weighted by atomic mass is 9.73. The molecule has 3 rings (SSSR count). The summed E-state index contributed by atoms with van der Waals surface area (Å²) in [6.07, 6.45) is 2.28. The number of hydrogen-bond acceptors (Lipinski definition) is 8. The Balaban J connectivity index is 1.81. The molecule has 0 aliphatic carbocycles. The molecule has 5 unspecified atom stereocenters. The van der Waals surface area contributed by atoms with Crippen molar-refractivity contribution >= 4 is 29.2 Å². The molecule has 34 heavy (non-hydrogen) atoms. The number of epoxide rings is 1. The number of ketones is 1. The molecule has 2 saturated heterocycles. The summed E-state index contributed by atoms with van der Waals surface area (Å²) in [7, 11) is 0. The Morgan fingerprint density at radius 1 is 1.21 bits per heavy atom. The summed E-state index contributed by atoms with van der Waals surface area (Å²) < 4.78 is 11.7. The number of rotatable bonds is 2. The fraction of sp³-hybridized carbons (Fsp3) is 0.731. The van der Waals surface area contributed by atoms with Gasteiger partial charge in [-0.05, 0) is 44.3 Å². The minimum Gasteiger partial charge on any atom is -0.458 e. The maximum Gasteiger partial charge on any atom is 0.309 e. The van der Waals surface area contributed by atoms with Crippen molar-refractivity contribution in [3.05, 3.63) is 21.7 Å². The van der Waals surface area contributed by atoms with Gasteiger partial charge < -0.3 is 19.7 Å². The SMILES string of the molecule is C/C(=C\c1c[35s]c(C)n1)C1C[C@@H]2O[C@@H]2CCCC(C)C(O)C(C)C(=O)C(C)(C)C(O)CC(=O)O1. The topological polar surface area (TPSA) is 109 Å². The summed E-state index contributed by atoms with van der Waals surface area (Å²) in [4.78, 5) is 30.5. The van der Waals surface area contributed by atoms with Crippen LogP contribution in [0, 0.1) is 24.2 Å². The van der Waals surface area contributed by atoms with Crippen LogP contribution in [0.5, 0.6) is 0 Å². The molecule has 2 aliphatic rings. The molecule has 0 saturated carbocycles. The van der Waals surface area contributed by atoms with Crippen LogP contribution in [0.4, 0.5) is 0 Å². The zero-order valence-electron chi connectivity index (χ0n) is 21.1. The first kappa shape index (κ1) is 27.0. The van der Waals surface area contributed by atoms with Crippen LogP contribution in [-0.2, 0) is 19.1 Å². The van der Waals surface area contributed by atoms with E-state index in [1.807, 2.05) is 32.2 Å². The summed E-state index contributed by atoms with van der Waals surface area (Å²) >= 11 is 1.56. The van der Waals surface area contributed by atoms with Gasteiger partial charge in [-0.15, -0.1) is 11.3 Å². The number of cyclic esters (lactones) is 1. The predicted octanol–water partition coefficient (Wildman–Crippen LogP) is 4.09. The fourth-order valence-electron chi connectivity index (χ4n) is 4.78. The lowest BCUT2D eigenvalue weighted by molar-refractivity contribution is -0.154. The summed E-state index contributed by atoms with van der Waals surface area (Å²) in [5, 5.41) is 24.5. The molecule has 2 fully saturated rings. The Hall–Kier alpha value is -1.61. The molecular weight excluding hydrogens is 457 g/mol. The lowest BCUT2D eigenvalue weighted by Gasteiger charge is -2.34. The summed E-state index contributed by atoms with van der Waals surface area (Å²) in [5.41, 5.74) is 0.494. The first-order valence-electron chi connectivity index (χ1n) is 12.3. The van der Waals surface area contributed by atoms with Gasteiger partial charge in [-0.25, -0.2) is 4.98 Å². The number of fused-ring (bicyclic) bond motifs is 1. The van der Waals surface area contributed by atoms with E-state index < -0.39 is 35.6 Å². The molecule has 7 nitrogen and oxygen atoms in total. The van der Waals surface area contributed by atoms with E-state index in [0.717, 1.165) is 35.5 Å². The number of hydrogen-bond donors (Lipinski definition) is 2. The second kappa shape index (κ2) is 11.0. The van der Waals surface area contributed by atoms with E-state index in [1.54, 1.807) is 32.1 Å². The molecule has 0 spiro atoms.